The molecule has 0 amide bonds. The van der Waals surface area contributed by atoms with Crippen molar-refractivity contribution in [2.45, 2.75) is 51.7 Å². The minimum atomic E-state index is 0.0627. The van der Waals surface area contributed by atoms with Crippen LogP contribution in [0.15, 0.2) is 24.6 Å². The molecular formula is C15H29N3O. The molecule has 1 heterocycles. The normalized spacial score (nSPS) is 21.3. The summed E-state index contributed by atoms with van der Waals surface area (Å²) in [5.74, 6) is 0.432. The van der Waals surface area contributed by atoms with E-state index in [1.54, 1.807) is 12.1 Å². The van der Waals surface area contributed by atoms with Gasteiger partial charge in [0, 0.05) is 26.2 Å². The van der Waals surface area contributed by atoms with E-state index >= 15 is 0 Å². The van der Waals surface area contributed by atoms with Gasteiger partial charge in [-0.05, 0) is 13.3 Å². The van der Waals surface area contributed by atoms with Gasteiger partial charge in [0.15, 0.2) is 0 Å². The highest BCUT2D eigenvalue weighted by molar-refractivity contribution is 4.99. The molecule has 0 aromatic heterocycles. The predicted octanol–water partition coefficient (Wildman–Crippen LogP) is 2.49. The molecule has 0 spiro atoms. The van der Waals surface area contributed by atoms with Gasteiger partial charge in [-0.15, -0.1) is 0 Å². The van der Waals surface area contributed by atoms with E-state index in [-0.39, 0.29) is 6.10 Å². The molecule has 4 nitrogen and oxygen atoms in total. The van der Waals surface area contributed by atoms with E-state index in [0.29, 0.717) is 11.9 Å². The summed E-state index contributed by atoms with van der Waals surface area (Å²) < 4.78 is 0. The molecule has 19 heavy (non-hydrogen) atoms. The van der Waals surface area contributed by atoms with E-state index in [4.69, 9.17) is 10.6 Å². The Kier molecular flexibility index (Phi) is 6.95. The monoisotopic (exact) mass is 267 g/mol. The standard InChI is InChI=1S/C15H29N3O/c1-5-6-7-9-13(2)18-11-8-10-15(12-18)19-17(4)14(3)16/h8,10,13,15H,3,5-7,9,11-12,16H2,1-2,4H3. The van der Waals surface area contributed by atoms with Crippen LogP contribution in [-0.2, 0) is 4.84 Å². The Morgan fingerprint density at radius 3 is 2.95 bits per heavy atom. The van der Waals surface area contributed by atoms with Gasteiger partial charge >= 0.3 is 0 Å². The number of hydroxylamine groups is 2. The first-order valence-corrected chi connectivity index (χ1v) is 7.30. The minimum absolute atomic E-state index is 0.0627. The Labute approximate surface area is 117 Å². The molecule has 0 aromatic carbocycles. The molecule has 1 aliphatic heterocycles. The van der Waals surface area contributed by atoms with E-state index in [1.807, 2.05) is 0 Å². The average Bonchev–Trinajstić information content (AvgIpc) is 2.39. The molecule has 110 valence electrons. The van der Waals surface area contributed by atoms with Crippen LogP contribution in [0.1, 0.15) is 39.5 Å². The first-order valence-electron chi connectivity index (χ1n) is 7.30. The summed E-state index contributed by atoms with van der Waals surface area (Å²) >= 11 is 0. The fourth-order valence-electron chi connectivity index (χ4n) is 2.29. The highest BCUT2D eigenvalue weighted by atomic mass is 16.7. The van der Waals surface area contributed by atoms with Gasteiger partial charge in [-0.3, -0.25) is 9.74 Å². The van der Waals surface area contributed by atoms with Crippen molar-refractivity contribution < 1.29 is 4.84 Å². The van der Waals surface area contributed by atoms with Gasteiger partial charge in [-0.2, -0.15) is 0 Å². The van der Waals surface area contributed by atoms with Crippen LogP contribution in [0.2, 0.25) is 0 Å². The zero-order valence-electron chi connectivity index (χ0n) is 12.6. The van der Waals surface area contributed by atoms with Crippen molar-refractivity contribution in [2.75, 3.05) is 20.1 Å². The summed E-state index contributed by atoms with van der Waals surface area (Å²) in [6.07, 6.45) is 9.52. The Bertz CT molecular complexity index is 304. The summed E-state index contributed by atoms with van der Waals surface area (Å²) in [6.45, 7) is 10.1. The van der Waals surface area contributed by atoms with Crippen LogP contribution in [-0.4, -0.2) is 42.2 Å². The van der Waals surface area contributed by atoms with Gasteiger partial charge in [0.2, 0.25) is 0 Å². The zero-order valence-corrected chi connectivity index (χ0v) is 12.6. The molecule has 2 unspecified atom stereocenters. The van der Waals surface area contributed by atoms with Crippen LogP contribution in [0.5, 0.6) is 0 Å². The smallest absolute Gasteiger partial charge is 0.116 e. The second kappa shape index (κ2) is 8.23. The molecule has 0 fully saturated rings. The second-order valence-electron chi connectivity index (χ2n) is 5.36. The van der Waals surface area contributed by atoms with Crippen LogP contribution in [0.4, 0.5) is 0 Å². The number of unbranched alkanes of at least 4 members (excludes halogenated alkanes) is 2. The largest absolute Gasteiger partial charge is 0.384 e. The summed E-state index contributed by atoms with van der Waals surface area (Å²) in [4.78, 5) is 8.20. The Morgan fingerprint density at radius 1 is 1.58 bits per heavy atom. The fraction of sp³-hybridized carbons (Fsp3) is 0.733. The number of hydrogen-bond donors (Lipinski definition) is 1. The van der Waals surface area contributed by atoms with Crippen LogP contribution in [0.25, 0.3) is 0 Å². The molecule has 0 saturated heterocycles. The molecule has 2 N–H and O–H groups in total. The molecule has 0 aromatic rings. The first kappa shape index (κ1) is 16.1. The maximum Gasteiger partial charge on any atom is 0.116 e. The molecule has 0 bridgehead atoms. The molecule has 0 saturated carbocycles. The quantitative estimate of drug-likeness (QED) is 0.417. The Balaban J connectivity index is 2.38. The van der Waals surface area contributed by atoms with Crippen molar-refractivity contribution in [2.24, 2.45) is 5.73 Å². The van der Waals surface area contributed by atoms with E-state index in [1.165, 1.54) is 25.7 Å². The molecule has 1 aliphatic rings. The molecule has 1 rings (SSSR count). The lowest BCUT2D eigenvalue weighted by molar-refractivity contribution is -0.150. The van der Waals surface area contributed by atoms with Crippen molar-refractivity contribution in [3.63, 3.8) is 0 Å². The zero-order chi connectivity index (χ0) is 14.3. The van der Waals surface area contributed by atoms with Gasteiger partial charge in [0.25, 0.3) is 0 Å². The molecule has 0 radical (unpaired) electrons. The number of nitrogens with zero attached hydrogens (tertiary/aromatic N) is 2. The third kappa shape index (κ3) is 5.66. The van der Waals surface area contributed by atoms with E-state index in [2.05, 4.69) is 37.5 Å². The maximum atomic E-state index is 5.74. The minimum Gasteiger partial charge on any atom is -0.384 e. The molecule has 0 aliphatic carbocycles. The van der Waals surface area contributed by atoms with Crippen LogP contribution in [0.3, 0.4) is 0 Å². The van der Waals surface area contributed by atoms with Gasteiger partial charge in [0.1, 0.15) is 11.9 Å². The lowest BCUT2D eigenvalue weighted by Crippen LogP contribution is -2.44. The fourth-order valence-corrected chi connectivity index (χ4v) is 2.29. The maximum absolute atomic E-state index is 5.74. The summed E-state index contributed by atoms with van der Waals surface area (Å²) in [5.41, 5.74) is 5.60. The number of nitrogens with two attached hydrogens (primary N) is 1. The Hall–Kier alpha value is -1.00. The van der Waals surface area contributed by atoms with Crippen LogP contribution < -0.4 is 5.73 Å². The van der Waals surface area contributed by atoms with Gasteiger partial charge in [-0.1, -0.05) is 44.9 Å². The third-order valence-electron chi connectivity index (χ3n) is 3.65. The molecule has 2 atom stereocenters. The van der Waals surface area contributed by atoms with Gasteiger partial charge in [0.05, 0.1) is 0 Å². The van der Waals surface area contributed by atoms with E-state index in [0.717, 1.165) is 13.1 Å². The van der Waals surface area contributed by atoms with E-state index in [9.17, 15) is 0 Å². The van der Waals surface area contributed by atoms with Crippen molar-refractivity contribution in [1.29, 1.82) is 0 Å². The SMILES string of the molecule is C=C(N)N(C)OC1C=CCN(C(C)CCCCC)C1. The number of hydrogen-bond acceptors (Lipinski definition) is 4. The third-order valence-corrected chi connectivity index (χ3v) is 3.65. The van der Waals surface area contributed by atoms with Gasteiger partial charge < -0.3 is 5.73 Å². The van der Waals surface area contributed by atoms with Crippen molar-refractivity contribution in [1.82, 2.24) is 9.96 Å². The number of rotatable bonds is 8. The first-order chi connectivity index (χ1) is 9.04. The van der Waals surface area contributed by atoms with Gasteiger partial charge in [-0.25, -0.2) is 5.06 Å². The molecular weight excluding hydrogens is 238 g/mol. The van der Waals surface area contributed by atoms with E-state index < -0.39 is 0 Å². The lowest BCUT2D eigenvalue weighted by atomic mass is 10.1. The Morgan fingerprint density at radius 2 is 2.32 bits per heavy atom. The van der Waals surface area contributed by atoms with Crippen molar-refractivity contribution >= 4 is 0 Å². The predicted molar refractivity (Wildman–Crippen MR) is 80.3 cm³/mol. The average molecular weight is 267 g/mol. The summed E-state index contributed by atoms with van der Waals surface area (Å²) in [7, 11) is 1.79. The highest BCUT2D eigenvalue weighted by Crippen LogP contribution is 2.15. The summed E-state index contributed by atoms with van der Waals surface area (Å²) in [5, 5.41) is 1.54. The second-order valence-corrected chi connectivity index (χ2v) is 5.36. The van der Waals surface area contributed by atoms with Crippen molar-refractivity contribution in [3.05, 3.63) is 24.6 Å². The highest BCUT2D eigenvalue weighted by Gasteiger charge is 2.21. The van der Waals surface area contributed by atoms with Crippen LogP contribution in [0, 0.1) is 0 Å². The van der Waals surface area contributed by atoms with Crippen LogP contribution >= 0.6 is 0 Å². The molecule has 4 heteroatoms. The van der Waals surface area contributed by atoms with Crippen molar-refractivity contribution in [3.8, 4) is 0 Å². The lowest BCUT2D eigenvalue weighted by Gasteiger charge is -2.35. The topological polar surface area (TPSA) is 41.7 Å². The summed E-state index contributed by atoms with van der Waals surface area (Å²) in [6, 6.07) is 0.606.